The van der Waals surface area contributed by atoms with E-state index in [-0.39, 0.29) is 52.7 Å². The quantitative estimate of drug-likeness (QED) is 0.313. The second-order valence-electron chi connectivity index (χ2n) is 8.15. The zero-order valence-electron chi connectivity index (χ0n) is 19.0. The van der Waals surface area contributed by atoms with Gasteiger partial charge < -0.3 is 25.6 Å². The lowest BCUT2D eigenvalue weighted by atomic mass is 10.0. The number of amides is 4. The third kappa shape index (κ3) is 4.57. The number of aliphatic carboxylic acids is 1. The van der Waals surface area contributed by atoms with Crippen LogP contribution in [-0.2, 0) is 27.4 Å². The second kappa shape index (κ2) is 9.87. The van der Waals surface area contributed by atoms with Crippen molar-refractivity contribution in [1.29, 1.82) is 0 Å². The molecule has 0 saturated carbocycles. The predicted octanol–water partition coefficient (Wildman–Crippen LogP) is 1.35. The molecule has 0 fully saturated rings. The molecule has 0 spiro atoms. The first-order valence-electron chi connectivity index (χ1n) is 10.9. The van der Waals surface area contributed by atoms with Crippen LogP contribution in [0.1, 0.15) is 65.2 Å². The minimum atomic E-state index is -1.76. The van der Waals surface area contributed by atoms with Crippen molar-refractivity contribution in [3.8, 4) is 0 Å². The number of ether oxygens (including phenoxy) is 1. The van der Waals surface area contributed by atoms with Crippen molar-refractivity contribution < 1.29 is 43.7 Å². The largest absolute Gasteiger partial charge is 0.478 e. The van der Waals surface area contributed by atoms with Crippen molar-refractivity contribution in [2.75, 3.05) is 18.4 Å². The highest BCUT2D eigenvalue weighted by molar-refractivity contribution is 7.17. The van der Waals surface area contributed by atoms with E-state index in [9.17, 15) is 33.9 Å². The van der Waals surface area contributed by atoms with E-state index in [2.05, 4.69) is 10.6 Å². The fourth-order valence-corrected chi connectivity index (χ4v) is 5.19. The van der Waals surface area contributed by atoms with Crippen molar-refractivity contribution >= 4 is 51.9 Å². The number of thiophene rings is 1. The summed E-state index contributed by atoms with van der Waals surface area (Å²) in [5.74, 6) is -5.99. The average molecular weight is 516 g/mol. The van der Waals surface area contributed by atoms with Crippen LogP contribution in [0.2, 0.25) is 0 Å². The fourth-order valence-electron chi connectivity index (χ4n) is 4.05. The van der Waals surface area contributed by atoms with E-state index in [1.54, 1.807) is 0 Å². The van der Waals surface area contributed by atoms with Crippen LogP contribution in [-0.4, -0.2) is 69.9 Å². The van der Waals surface area contributed by atoms with Crippen molar-refractivity contribution in [1.82, 2.24) is 10.2 Å². The lowest BCUT2D eigenvalue weighted by molar-refractivity contribution is -0.147. The Morgan fingerprint density at radius 2 is 1.86 bits per heavy atom. The Hall–Kier alpha value is -4.10. The van der Waals surface area contributed by atoms with Crippen molar-refractivity contribution in [2.24, 2.45) is 0 Å². The maximum Gasteiger partial charge on any atom is 0.394 e. The molecular weight excluding hydrogens is 494 g/mol. The van der Waals surface area contributed by atoms with Gasteiger partial charge >= 0.3 is 17.8 Å². The van der Waals surface area contributed by atoms with Crippen LogP contribution in [0.5, 0.6) is 0 Å². The van der Waals surface area contributed by atoms with Gasteiger partial charge in [-0.2, -0.15) is 0 Å². The summed E-state index contributed by atoms with van der Waals surface area (Å²) in [6.45, 7) is 2.17. The summed E-state index contributed by atoms with van der Waals surface area (Å²) in [5, 5.41) is 23.2. The van der Waals surface area contributed by atoms with Crippen LogP contribution in [0.25, 0.3) is 0 Å². The minimum Gasteiger partial charge on any atom is -0.478 e. The molecule has 4 N–H and O–H groups in total. The number of carbonyl (C=O) groups excluding carboxylic acids is 4. The molecule has 13 heteroatoms. The number of hydrogen-bond acceptors (Lipinski definition) is 8. The van der Waals surface area contributed by atoms with E-state index in [4.69, 9.17) is 9.84 Å². The number of anilines is 1. The first-order valence-corrected chi connectivity index (χ1v) is 11.8. The first-order chi connectivity index (χ1) is 17.1. The molecule has 1 atom stereocenters. The summed E-state index contributed by atoms with van der Waals surface area (Å²) in [5.41, 5.74) is 0.605. The topological polar surface area (TPSA) is 179 Å². The van der Waals surface area contributed by atoms with Gasteiger partial charge in [0.05, 0.1) is 35.9 Å². The molecule has 188 valence electrons. The highest BCUT2D eigenvalue weighted by atomic mass is 32.1. The Kier molecular flexibility index (Phi) is 6.86. The Bertz CT molecular complexity index is 1320. The summed E-state index contributed by atoms with van der Waals surface area (Å²) in [7, 11) is 0. The molecule has 1 aromatic carbocycles. The normalized spacial score (nSPS) is 16.4. The van der Waals surface area contributed by atoms with E-state index in [0.29, 0.717) is 17.0 Å². The maximum atomic E-state index is 13.0. The van der Waals surface area contributed by atoms with E-state index >= 15 is 0 Å². The predicted molar refractivity (Wildman–Crippen MR) is 124 cm³/mol. The molecule has 3 heterocycles. The van der Waals surface area contributed by atoms with E-state index in [1.807, 2.05) is 6.92 Å². The molecule has 4 amide bonds. The second-order valence-corrected chi connectivity index (χ2v) is 9.25. The number of hydrogen-bond donors (Lipinski definition) is 4. The number of carbonyl (C=O) groups is 6. The lowest BCUT2D eigenvalue weighted by Gasteiger charge is -2.26. The molecule has 1 unspecified atom stereocenters. The number of fused-ring (bicyclic) bond motifs is 2. The fraction of sp³-hybridized carbons (Fsp3) is 0.304. The molecule has 12 nitrogen and oxygen atoms in total. The highest BCUT2D eigenvalue weighted by Crippen LogP contribution is 2.38. The molecule has 2 aromatic rings. The van der Waals surface area contributed by atoms with Crippen LogP contribution >= 0.6 is 11.3 Å². The third-order valence-corrected chi connectivity index (χ3v) is 6.88. The number of rotatable bonds is 7. The molecule has 1 aromatic heterocycles. The number of carboxylic acids is 2. The summed E-state index contributed by atoms with van der Waals surface area (Å²) in [6.07, 6.45) is 0.0309. The van der Waals surface area contributed by atoms with Crippen LogP contribution in [0, 0.1) is 0 Å². The van der Waals surface area contributed by atoms with E-state index in [1.165, 1.54) is 18.2 Å². The zero-order valence-corrected chi connectivity index (χ0v) is 19.8. The van der Waals surface area contributed by atoms with Gasteiger partial charge in [0.1, 0.15) is 5.00 Å². The molecule has 36 heavy (non-hydrogen) atoms. The monoisotopic (exact) mass is 515 g/mol. The highest BCUT2D eigenvalue weighted by Gasteiger charge is 2.39. The summed E-state index contributed by atoms with van der Waals surface area (Å²) in [4.78, 5) is 73.9. The van der Waals surface area contributed by atoms with Gasteiger partial charge in [-0.15, -0.1) is 11.3 Å². The number of aromatic carboxylic acids is 1. The molecule has 4 rings (SSSR count). The van der Waals surface area contributed by atoms with Crippen LogP contribution in [0.4, 0.5) is 5.00 Å². The molecule has 2 aliphatic rings. The third-order valence-electron chi connectivity index (χ3n) is 5.76. The number of imide groups is 1. The molecular formula is C23H21N3O9S. The van der Waals surface area contributed by atoms with Gasteiger partial charge in [0.2, 0.25) is 0 Å². The smallest absolute Gasteiger partial charge is 0.394 e. The molecule has 0 aliphatic carbocycles. The van der Waals surface area contributed by atoms with Crippen molar-refractivity contribution in [2.45, 2.75) is 32.5 Å². The van der Waals surface area contributed by atoms with Gasteiger partial charge in [-0.3, -0.25) is 24.1 Å². The average Bonchev–Trinajstić information content (AvgIpc) is 3.32. The van der Waals surface area contributed by atoms with E-state index in [0.717, 1.165) is 22.7 Å². The number of carboxylic acid groups (broad SMARTS) is 2. The van der Waals surface area contributed by atoms with Gasteiger partial charge in [0.25, 0.3) is 17.7 Å². The van der Waals surface area contributed by atoms with Gasteiger partial charge in [0, 0.05) is 23.4 Å². The SMILES string of the molecule is CCCNC(=O)c1ccc2c(c1)C(=O)N(CC1Cc3c(sc(NC(=O)C(=O)O)c3C(=O)O)CO1)C2=O. The minimum absolute atomic E-state index is 0.0223. The Labute approximate surface area is 207 Å². The number of nitrogens with one attached hydrogen (secondary N) is 2. The Balaban J connectivity index is 1.53. The zero-order chi connectivity index (χ0) is 26.1. The van der Waals surface area contributed by atoms with Gasteiger partial charge in [-0.05, 0) is 30.2 Å². The van der Waals surface area contributed by atoms with Crippen LogP contribution in [0.3, 0.4) is 0 Å². The van der Waals surface area contributed by atoms with Gasteiger partial charge in [-0.25, -0.2) is 9.59 Å². The Morgan fingerprint density at radius 3 is 2.53 bits per heavy atom. The van der Waals surface area contributed by atoms with Gasteiger partial charge in [-0.1, -0.05) is 6.92 Å². The lowest BCUT2D eigenvalue weighted by Crippen LogP contribution is -2.40. The molecule has 0 bridgehead atoms. The molecule has 2 aliphatic heterocycles. The van der Waals surface area contributed by atoms with Gasteiger partial charge in [0.15, 0.2) is 0 Å². The molecule has 0 saturated heterocycles. The standard InChI is InChI=1S/C23H21N3O9S/c1-2-5-24-17(27)10-3-4-12-13(6-10)21(30)26(20(12)29)8-11-7-14-15(9-35-11)36-19(16(14)22(31)32)25-18(28)23(33)34/h3-4,6,11H,2,5,7-9H2,1H3,(H,24,27)(H,25,28)(H,31,32)(H,33,34). The summed E-state index contributed by atoms with van der Waals surface area (Å²) in [6, 6.07) is 4.27. The van der Waals surface area contributed by atoms with Crippen LogP contribution < -0.4 is 10.6 Å². The van der Waals surface area contributed by atoms with Crippen LogP contribution in [0.15, 0.2) is 18.2 Å². The first kappa shape index (κ1) is 25.0. The van der Waals surface area contributed by atoms with Crippen molar-refractivity contribution in [3.63, 3.8) is 0 Å². The summed E-state index contributed by atoms with van der Waals surface area (Å²) >= 11 is 0.895. The molecule has 0 radical (unpaired) electrons. The number of benzene rings is 1. The number of nitrogens with zero attached hydrogens (tertiary/aromatic N) is 1. The van der Waals surface area contributed by atoms with Crippen molar-refractivity contribution in [3.05, 3.63) is 50.9 Å². The Morgan fingerprint density at radius 1 is 1.14 bits per heavy atom. The van der Waals surface area contributed by atoms with E-state index < -0.39 is 35.8 Å². The summed E-state index contributed by atoms with van der Waals surface area (Å²) < 4.78 is 5.75. The maximum absolute atomic E-state index is 13.0.